The molecule has 0 aliphatic heterocycles. The quantitative estimate of drug-likeness (QED) is 0.741. The highest BCUT2D eigenvalue weighted by molar-refractivity contribution is 5.16. The molecule has 0 bridgehead atoms. The van der Waals surface area contributed by atoms with Crippen molar-refractivity contribution in [3.63, 3.8) is 0 Å². The van der Waals surface area contributed by atoms with Gasteiger partial charge in [-0.25, -0.2) is 0 Å². The molecule has 1 heterocycles. The molecule has 3 nitrogen and oxygen atoms in total. The van der Waals surface area contributed by atoms with Crippen LogP contribution in [0.4, 0.5) is 0 Å². The molecule has 1 N–H and O–H groups in total. The van der Waals surface area contributed by atoms with E-state index in [2.05, 4.69) is 51.0 Å². The first kappa shape index (κ1) is 16.3. The summed E-state index contributed by atoms with van der Waals surface area (Å²) in [6.45, 7) is 13.0. The van der Waals surface area contributed by atoms with Crippen LogP contribution in [-0.2, 0) is 13.1 Å². The minimum atomic E-state index is 0.673. The summed E-state index contributed by atoms with van der Waals surface area (Å²) >= 11 is 0. The zero-order chi connectivity index (χ0) is 14.3. The van der Waals surface area contributed by atoms with Crippen LogP contribution in [0.2, 0.25) is 0 Å². The third-order valence-electron chi connectivity index (χ3n) is 3.44. The Hall–Kier alpha value is -0.800. The number of nitrogens with one attached hydrogen (secondary N) is 1. The van der Waals surface area contributed by atoms with E-state index in [1.807, 2.05) is 0 Å². The summed E-state index contributed by atoms with van der Waals surface area (Å²) in [5.41, 5.74) is 1.31. The first-order chi connectivity index (χ1) is 9.02. The summed E-state index contributed by atoms with van der Waals surface area (Å²) in [5.74, 6) is 2.50. The molecule has 0 aromatic carbocycles. The van der Waals surface area contributed by atoms with Gasteiger partial charge >= 0.3 is 0 Å². The third-order valence-corrected chi connectivity index (χ3v) is 3.44. The van der Waals surface area contributed by atoms with Gasteiger partial charge in [-0.15, -0.1) is 0 Å². The van der Waals surface area contributed by atoms with Crippen molar-refractivity contribution in [2.24, 2.45) is 11.8 Å². The van der Waals surface area contributed by atoms with Crippen LogP contribution >= 0.6 is 0 Å². The number of hydrogen-bond donors (Lipinski definition) is 1. The van der Waals surface area contributed by atoms with E-state index in [9.17, 15) is 0 Å². The number of rotatable bonds is 9. The zero-order valence-corrected chi connectivity index (χ0v) is 13.2. The molecule has 19 heavy (non-hydrogen) atoms. The van der Waals surface area contributed by atoms with Crippen LogP contribution in [0.1, 0.15) is 45.4 Å². The van der Waals surface area contributed by atoms with Crippen LogP contribution < -0.4 is 5.32 Å². The van der Waals surface area contributed by atoms with Gasteiger partial charge < -0.3 is 14.6 Å². The maximum Gasteiger partial charge on any atom is 0.122 e. The predicted molar refractivity (Wildman–Crippen MR) is 81.0 cm³/mol. The topological polar surface area (TPSA) is 28.4 Å². The second-order valence-electron chi connectivity index (χ2n) is 6.10. The molecule has 0 radical (unpaired) electrons. The molecule has 0 saturated heterocycles. The Bertz CT molecular complexity index is 346. The van der Waals surface area contributed by atoms with Crippen LogP contribution in [0, 0.1) is 11.8 Å². The molecule has 3 heteroatoms. The average Bonchev–Trinajstić information content (AvgIpc) is 2.76. The highest BCUT2D eigenvalue weighted by atomic mass is 16.3. The standard InChI is InChI=1S/C16H30N2O/c1-6-14(4)11-18(5)12-15-7-8-19-16(15)10-17-9-13(2)3/h7-8,13-14,17H,6,9-12H2,1-5H3. The predicted octanol–water partition coefficient (Wildman–Crippen LogP) is 3.50. The molecule has 1 unspecified atom stereocenters. The minimum absolute atomic E-state index is 0.673. The highest BCUT2D eigenvalue weighted by Crippen LogP contribution is 2.14. The largest absolute Gasteiger partial charge is 0.468 e. The van der Waals surface area contributed by atoms with Crippen molar-refractivity contribution in [2.45, 2.75) is 47.2 Å². The van der Waals surface area contributed by atoms with Gasteiger partial charge in [0.1, 0.15) is 5.76 Å². The van der Waals surface area contributed by atoms with Crippen LogP contribution in [0.15, 0.2) is 16.7 Å². The molecule has 0 aliphatic carbocycles. The van der Waals surface area contributed by atoms with Gasteiger partial charge in [-0.2, -0.15) is 0 Å². The second-order valence-corrected chi connectivity index (χ2v) is 6.10. The van der Waals surface area contributed by atoms with Crippen molar-refractivity contribution >= 4 is 0 Å². The molecule has 1 rings (SSSR count). The Morgan fingerprint density at radius 1 is 1.32 bits per heavy atom. The Kier molecular flexibility index (Phi) is 7.17. The van der Waals surface area contributed by atoms with Gasteiger partial charge in [-0.3, -0.25) is 0 Å². The monoisotopic (exact) mass is 266 g/mol. The summed E-state index contributed by atoms with van der Waals surface area (Å²) in [7, 11) is 2.19. The smallest absolute Gasteiger partial charge is 0.122 e. The summed E-state index contributed by atoms with van der Waals surface area (Å²) < 4.78 is 5.59. The second kappa shape index (κ2) is 8.39. The lowest BCUT2D eigenvalue weighted by Crippen LogP contribution is -2.25. The summed E-state index contributed by atoms with van der Waals surface area (Å²) in [4.78, 5) is 2.38. The van der Waals surface area contributed by atoms with E-state index in [1.54, 1.807) is 6.26 Å². The summed E-state index contributed by atoms with van der Waals surface area (Å²) in [6, 6.07) is 2.10. The Labute approximate surface area is 118 Å². The number of nitrogens with zero attached hydrogens (tertiary/aromatic N) is 1. The summed E-state index contributed by atoms with van der Waals surface area (Å²) in [5, 5.41) is 3.44. The zero-order valence-electron chi connectivity index (χ0n) is 13.2. The lowest BCUT2D eigenvalue weighted by atomic mass is 10.1. The molecule has 0 fully saturated rings. The van der Waals surface area contributed by atoms with Crippen molar-refractivity contribution in [1.29, 1.82) is 0 Å². The normalized spacial score (nSPS) is 13.4. The molecular weight excluding hydrogens is 236 g/mol. The molecule has 1 atom stereocenters. The van der Waals surface area contributed by atoms with E-state index in [0.29, 0.717) is 5.92 Å². The maximum absolute atomic E-state index is 5.59. The number of hydrogen-bond acceptors (Lipinski definition) is 3. The lowest BCUT2D eigenvalue weighted by molar-refractivity contribution is 0.272. The fourth-order valence-electron chi connectivity index (χ4n) is 2.15. The Morgan fingerprint density at radius 2 is 2.05 bits per heavy atom. The maximum atomic E-state index is 5.59. The van der Waals surface area contributed by atoms with E-state index < -0.39 is 0 Å². The van der Waals surface area contributed by atoms with Gasteiger partial charge in [0.2, 0.25) is 0 Å². The highest BCUT2D eigenvalue weighted by Gasteiger charge is 2.10. The Balaban J connectivity index is 2.43. The lowest BCUT2D eigenvalue weighted by Gasteiger charge is -2.20. The first-order valence-corrected chi connectivity index (χ1v) is 7.47. The van der Waals surface area contributed by atoms with Gasteiger partial charge in [0.05, 0.1) is 12.8 Å². The molecule has 0 spiro atoms. The SMILES string of the molecule is CCC(C)CN(C)Cc1ccoc1CNCC(C)C. The molecular formula is C16H30N2O. The van der Waals surface area contributed by atoms with E-state index in [1.165, 1.54) is 12.0 Å². The van der Waals surface area contributed by atoms with Crippen molar-refractivity contribution in [2.75, 3.05) is 20.1 Å². The molecule has 1 aromatic heterocycles. The third kappa shape index (κ3) is 6.26. The van der Waals surface area contributed by atoms with Gasteiger partial charge in [-0.1, -0.05) is 34.1 Å². The molecule has 0 amide bonds. The van der Waals surface area contributed by atoms with Gasteiger partial charge in [-0.05, 0) is 31.5 Å². The van der Waals surface area contributed by atoms with Crippen molar-refractivity contribution in [3.05, 3.63) is 23.7 Å². The molecule has 0 saturated carbocycles. The summed E-state index contributed by atoms with van der Waals surface area (Å²) in [6.07, 6.45) is 3.04. The van der Waals surface area contributed by atoms with Crippen molar-refractivity contribution in [3.8, 4) is 0 Å². The van der Waals surface area contributed by atoms with Gasteiger partial charge in [0, 0.05) is 18.7 Å². The van der Waals surface area contributed by atoms with Gasteiger partial charge in [0.25, 0.3) is 0 Å². The molecule has 1 aromatic rings. The fraction of sp³-hybridized carbons (Fsp3) is 0.750. The van der Waals surface area contributed by atoms with E-state index in [-0.39, 0.29) is 0 Å². The van der Waals surface area contributed by atoms with E-state index >= 15 is 0 Å². The van der Waals surface area contributed by atoms with Crippen LogP contribution in [-0.4, -0.2) is 25.0 Å². The minimum Gasteiger partial charge on any atom is -0.468 e. The van der Waals surface area contributed by atoms with E-state index in [4.69, 9.17) is 4.42 Å². The van der Waals surface area contributed by atoms with Crippen LogP contribution in [0.5, 0.6) is 0 Å². The van der Waals surface area contributed by atoms with Crippen LogP contribution in [0.25, 0.3) is 0 Å². The first-order valence-electron chi connectivity index (χ1n) is 7.47. The fourth-order valence-corrected chi connectivity index (χ4v) is 2.15. The average molecular weight is 266 g/mol. The van der Waals surface area contributed by atoms with Crippen molar-refractivity contribution in [1.82, 2.24) is 10.2 Å². The van der Waals surface area contributed by atoms with Crippen molar-refractivity contribution < 1.29 is 4.42 Å². The van der Waals surface area contributed by atoms with E-state index in [0.717, 1.165) is 37.9 Å². The van der Waals surface area contributed by atoms with Gasteiger partial charge in [0.15, 0.2) is 0 Å². The molecule has 110 valence electrons. The Morgan fingerprint density at radius 3 is 2.68 bits per heavy atom. The van der Waals surface area contributed by atoms with Crippen LogP contribution in [0.3, 0.4) is 0 Å². The molecule has 0 aliphatic rings. The number of furan rings is 1.